The van der Waals surface area contributed by atoms with E-state index in [-0.39, 0.29) is 0 Å². The van der Waals surface area contributed by atoms with Gasteiger partial charge in [0.2, 0.25) is 0 Å². The van der Waals surface area contributed by atoms with Crippen LogP contribution in [0.3, 0.4) is 0 Å². The largest absolute Gasteiger partial charge is 0.355 e. The Hall–Kier alpha value is -1.20. The van der Waals surface area contributed by atoms with Crippen LogP contribution in [0.25, 0.3) is 10.2 Å². The van der Waals surface area contributed by atoms with E-state index in [0.717, 1.165) is 31.4 Å². The molecule has 0 radical (unpaired) electrons. The number of aryl methyl sites for hydroxylation is 2. The number of hydrogen-bond donors (Lipinski definition) is 0. The lowest BCUT2D eigenvalue weighted by molar-refractivity contribution is 0.360. The van der Waals surface area contributed by atoms with E-state index in [1.54, 1.807) is 10.4 Å². The Morgan fingerprint density at radius 2 is 2.00 bits per heavy atom. The summed E-state index contributed by atoms with van der Waals surface area (Å²) in [5.41, 5.74) is 1.55. The van der Waals surface area contributed by atoms with Crippen molar-refractivity contribution in [3.8, 4) is 0 Å². The Labute approximate surface area is 142 Å². The van der Waals surface area contributed by atoms with Crippen molar-refractivity contribution in [2.75, 3.05) is 38.1 Å². The second kappa shape index (κ2) is 6.02. The maximum absolute atomic E-state index is 4.89. The van der Waals surface area contributed by atoms with Crippen molar-refractivity contribution in [3.63, 3.8) is 0 Å². The molecule has 1 saturated heterocycles. The van der Waals surface area contributed by atoms with Gasteiger partial charge in [-0.2, -0.15) is 0 Å². The third-order valence-corrected chi connectivity index (χ3v) is 6.42. The van der Waals surface area contributed by atoms with Crippen molar-refractivity contribution in [3.05, 3.63) is 16.3 Å². The van der Waals surface area contributed by atoms with Gasteiger partial charge in [-0.25, -0.2) is 9.97 Å². The van der Waals surface area contributed by atoms with Crippen molar-refractivity contribution >= 4 is 27.4 Å². The van der Waals surface area contributed by atoms with Gasteiger partial charge in [0.05, 0.1) is 5.39 Å². The molecule has 0 bridgehead atoms. The number of likely N-dealkylation sites (N-methyl/N-ethyl adjacent to an activating group) is 1. The van der Waals surface area contributed by atoms with Crippen LogP contribution in [0, 0.1) is 12.8 Å². The van der Waals surface area contributed by atoms with Crippen LogP contribution in [0.4, 0.5) is 5.82 Å². The van der Waals surface area contributed by atoms with E-state index in [2.05, 4.69) is 23.8 Å². The number of aromatic nitrogens is 2. The molecule has 3 heterocycles. The van der Waals surface area contributed by atoms with E-state index in [0.29, 0.717) is 0 Å². The van der Waals surface area contributed by atoms with Crippen LogP contribution in [0.1, 0.15) is 36.0 Å². The van der Waals surface area contributed by atoms with Gasteiger partial charge in [0.25, 0.3) is 0 Å². The molecule has 1 aliphatic heterocycles. The Bertz CT molecular complexity index is 723. The minimum atomic E-state index is 0.805. The number of anilines is 1. The highest BCUT2D eigenvalue weighted by Crippen LogP contribution is 2.41. The molecular formula is C18H26N4S. The van der Waals surface area contributed by atoms with Gasteiger partial charge in [-0.15, -0.1) is 11.3 Å². The standard InChI is InChI=1S/C18H26N4S/c1-12-5-6-14-15(11-12)23-18-16(14)17(19-13(2)20-18)22-8-4-7-21(3)9-10-22/h12H,4-11H2,1-3H3. The third-order valence-electron chi connectivity index (χ3n) is 5.27. The summed E-state index contributed by atoms with van der Waals surface area (Å²) in [7, 11) is 2.22. The molecule has 0 aromatic carbocycles. The van der Waals surface area contributed by atoms with Crippen LogP contribution in [-0.4, -0.2) is 48.1 Å². The zero-order valence-electron chi connectivity index (χ0n) is 14.4. The first-order chi connectivity index (χ1) is 11.1. The smallest absolute Gasteiger partial charge is 0.141 e. The van der Waals surface area contributed by atoms with Gasteiger partial charge in [0.15, 0.2) is 0 Å². The van der Waals surface area contributed by atoms with Crippen molar-refractivity contribution < 1.29 is 0 Å². The lowest BCUT2D eigenvalue weighted by Crippen LogP contribution is -2.30. The zero-order valence-corrected chi connectivity index (χ0v) is 15.2. The lowest BCUT2D eigenvalue weighted by Gasteiger charge is -2.24. The van der Waals surface area contributed by atoms with Gasteiger partial charge < -0.3 is 9.80 Å². The Morgan fingerprint density at radius 1 is 1.13 bits per heavy atom. The summed E-state index contributed by atoms with van der Waals surface area (Å²) in [6.07, 6.45) is 4.93. The third kappa shape index (κ3) is 2.85. The summed E-state index contributed by atoms with van der Waals surface area (Å²) in [4.78, 5) is 17.4. The Kier molecular flexibility index (Phi) is 4.01. The first kappa shape index (κ1) is 15.3. The monoisotopic (exact) mass is 330 g/mol. The second-order valence-corrected chi connectivity index (χ2v) is 8.35. The summed E-state index contributed by atoms with van der Waals surface area (Å²) >= 11 is 1.91. The molecule has 1 unspecified atom stereocenters. The van der Waals surface area contributed by atoms with Crippen molar-refractivity contribution in [1.82, 2.24) is 14.9 Å². The molecule has 124 valence electrons. The molecule has 2 aromatic rings. The molecule has 2 aromatic heterocycles. The highest BCUT2D eigenvalue weighted by atomic mass is 32.1. The minimum absolute atomic E-state index is 0.805. The lowest BCUT2D eigenvalue weighted by atomic mass is 9.89. The average molecular weight is 331 g/mol. The molecule has 2 aliphatic rings. The van der Waals surface area contributed by atoms with Gasteiger partial charge in [0.1, 0.15) is 16.5 Å². The van der Waals surface area contributed by atoms with Crippen LogP contribution in [0.15, 0.2) is 0 Å². The second-order valence-electron chi connectivity index (χ2n) is 7.27. The maximum atomic E-state index is 4.89. The van der Waals surface area contributed by atoms with Gasteiger partial charge in [-0.05, 0) is 57.7 Å². The first-order valence-corrected chi connectivity index (χ1v) is 9.66. The van der Waals surface area contributed by atoms with Gasteiger partial charge >= 0.3 is 0 Å². The topological polar surface area (TPSA) is 32.3 Å². The van der Waals surface area contributed by atoms with Crippen molar-refractivity contribution in [1.29, 1.82) is 0 Å². The predicted octanol–water partition coefficient (Wildman–Crippen LogP) is 3.27. The van der Waals surface area contributed by atoms with E-state index in [1.807, 2.05) is 18.3 Å². The fraction of sp³-hybridized carbons (Fsp3) is 0.667. The molecule has 1 atom stereocenters. The van der Waals surface area contributed by atoms with Gasteiger partial charge in [0, 0.05) is 24.5 Å². The van der Waals surface area contributed by atoms with Gasteiger partial charge in [-0.1, -0.05) is 6.92 Å². The van der Waals surface area contributed by atoms with Crippen LogP contribution >= 0.6 is 11.3 Å². The van der Waals surface area contributed by atoms with E-state index in [4.69, 9.17) is 9.97 Å². The summed E-state index contributed by atoms with van der Waals surface area (Å²) in [6.45, 7) is 8.89. The van der Waals surface area contributed by atoms with Crippen LogP contribution in [0.2, 0.25) is 0 Å². The fourth-order valence-electron chi connectivity index (χ4n) is 3.91. The van der Waals surface area contributed by atoms with Gasteiger partial charge in [-0.3, -0.25) is 0 Å². The molecule has 0 N–H and O–H groups in total. The number of thiophene rings is 1. The molecule has 0 amide bonds. The molecule has 4 nitrogen and oxygen atoms in total. The number of nitrogens with zero attached hydrogens (tertiary/aromatic N) is 4. The van der Waals surface area contributed by atoms with E-state index in [9.17, 15) is 0 Å². The average Bonchev–Trinajstić information content (AvgIpc) is 2.71. The summed E-state index contributed by atoms with van der Waals surface area (Å²) in [5.74, 6) is 2.92. The molecule has 5 heteroatoms. The highest BCUT2D eigenvalue weighted by molar-refractivity contribution is 7.19. The first-order valence-electron chi connectivity index (χ1n) is 8.84. The Morgan fingerprint density at radius 3 is 2.87 bits per heavy atom. The maximum Gasteiger partial charge on any atom is 0.141 e. The highest BCUT2D eigenvalue weighted by Gasteiger charge is 2.26. The summed E-state index contributed by atoms with van der Waals surface area (Å²) in [5, 5.41) is 1.37. The van der Waals surface area contributed by atoms with Crippen LogP contribution < -0.4 is 4.90 Å². The van der Waals surface area contributed by atoms with Crippen LogP contribution in [0.5, 0.6) is 0 Å². The molecule has 23 heavy (non-hydrogen) atoms. The molecule has 1 fully saturated rings. The summed E-state index contributed by atoms with van der Waals surface area (Å²) < 4.78 is 0. The van der Waals surface area contributed by atoms with Crippen LogP contribution in [-0.2, 0) is 12.8 Å². The van der Waals surface area contributed by atoms with Crippen molar-refractivity contribution in [2.24, 2.45) is 5.92 Å². The number of fused-ring (bicyclic) bond motifs is 3. The zero-order chi connectivity index (χ0) is 16.0. The number of hydrogen-bond acceptors (Lipinski definition) is 5. The predicted molar refractivity (Wildman–Crippen MR) is 97.7 cm³/mol. The van der Waals surface area contributed by atoms with E-state index in [1.165, 1.54) is 48.3 Å². The van der Waals surface area contributed by atoms with E-state index >= 15 is 0 Å². The minimum Gasteiger partial charge on any atom is -0.355 e. The Balaban J connectivity index is 1.82. The van der Waals surface area contributed by atoms with E-state index < -0.39 is 0 Å². The number of rotatable bonds is 1. The molecule has 0 saturated carbocycles. The normalized spacial score (nSPS) is 23.1. The molecule has 0 spiro atoms. The van der Waals surface area contributed by atoms with Crippen molar-refractivity contribution in [2.45, 2.75) is 39.5 Å². The molecule has 4 rings (SSSR count). The molecular weight excluding hydrogens is 304 g/mol. The fourth-order valence-corrected chi connectivity index (χ4v) is 5.34. The molecule has 1 aliphatic carbocycles. The summed E-state index contributed by atoms with van der Waals surface area (Å²) in [6, 6.07) is 0. The quantitative estimate of drug-likeness (QED) is 0.803. The SMILES string of the molecule is Cc1nc(N2CCCN(C)CC2)c2c3c(sc2n1)CC(C)CC3.